The van der Waals surface area contributed by atoms with Gasteiger partial charge in [-0.2, -0.15) is 0 Å². The van der Waals surface area contributed by atoms with Crippen LogP contribution in [0.3, 0.4) is 0 Å². The van der Waals surface area contributed by atoms with Crippen molar-refractivity contribution in [3.63, 3.8) is 0 Å². The van der Waals surface area contributed by atoms with Crippen LogP contribution in [0.5, 0.6) is 0 Å². The number of hydrogen-bond acceptors (Lipinski definition) is 2. The van der Waals surface area contributed by atoms with E-state index in [9.17, 15) is 14.0 Å². The zero-order valence-electron chi connectivity index (χ0n) is 13.0. The largest absolute Gasteiger partial charge is 0.338 e. The molecule has 1 aliphatic rings. The second kappa shape index (κ2) is 7.29. The van der Waals surface area contributed by atoms with E-state index in [1.54, 1.807) is 29.2 Å². The van der Waals surface area contributed by atoms with Crippen molar-refractivity contribution < 1.29 is 14.0 Å². The molecule has 1 heterocycles. The van der Waals surface area contributed by atoms with Crippen molar-refractivity contribution in [2.24, 2.45) is 0 Å². The lowest BCUT2D eigenvalue weighted by atomic mass is 10.1. The first-order valence-corrected chi connectivity index (χ1v) is 8.32. The lowest BCUT2D eigenvalue weighted by molar-refractivity contribution is 0.102. The highest BCUT2D eigenvalue weighted by Crippen LogP contribution is 2.28. The van der Waals surface area contributed by atoms with Crippen molar-refractivity contribution in [2.45, 2.75) is 6.42 Å². The zero-order valence-corrected chi connectivity index (χ0v) is 14.5. The van der Waals surface area contributed by atoms with Crippen molar-refractivity contribution in [1.82, 2.24) is 5.32 Å². The normalized spacial score (nSPS) is 14.2. The number of halogens is 3. The lowest BCUT2D eigenvalue weighted by Gasteiger charge is -2.27. The third-order valence-corrected chi connectivity index (χ3v) is 4.29. The summed E-state index contributed by atoms with van der Waals surface area (Å²) >= 11 is 11.5. The molecule has 25 heavy (non-hydrogen) atoms. The summed E-state index contributed by atoms with van der Waals surface area (Å²) in [6.45, 7) is 1.22. The van der Waals surface area contributed by atoms with Crippen LogP contribution in [0.25, 0.3) is 0 Å². The molecule has 2 N–H and O–H groups in total. The van der Waals surface area contributed by atoms with Crippen LogP contribution in [-0.2, 0) is 0 Å². The minimum Gasteiger partial charge on any atom is -0.338 e. The van der Waals surface area contributed by atoms with Gasteiger partial charge in [0.05, 0.1) is 10.0 Å². The second-order valence-electron chi connectivity index (χ2n) is 5.50. The Morgan fingerprint density at radius 1 is 1.20 bits per heavy atom. The minimum absolute atomic E-state index is 0.179. The molecular weight excluding hydrogens is 368 g/mol. The maximum Gasteiger partial charge on any atom is 0.321 e. The van der Waals surface area contributed by atoms with Crippen molar-refractivity contribution in [1.29, 1.82) is 0 Å². The number of benzene rings is 2. The molecule has 3 rings (SSSR count). The van der Waals surface area contributed by atoms with E-state index in [-0.39, 0.29) is 21.8 Å². The highest BCUT2D eigenvalue weighted by Gasteiger charge is 2.20. The van der Waals surface area contributed by atoms with Crippen LogP contribution >= 0.6 is 23.2 Å². The summed E-state index contributed by atoms with van der Waals surface area (Å²) in [4.78, 5) is 25.9. The average Bonchev–Trinajstić information content (AvgIpc) is 2.60. The smallest absolute Gasteiger partial charge is 0.321 e. The molecule has 1 fully saturated rings. The number of amides is 3. The molecule has 0 saturated carbocycles. The van der Waals surface area contributed by atoms with Crippen LogP contribution in [0.2, 0.25) is 10.0 Å². The van der Waals surface area contributed by atoms with Gasteiger partial charge in [0, 0.05) is 30.0 Å². The number of carbonyl (C=O) groups excluding carboxylic acids is 2. The van der Waals surface area contributed by atoms with E-state index in [0.29, 0.717) is 24.3 Å². The van der Waals surface area contributed by atoms with Gasteiger partial charge in [0.15, 0.2) is 5.82 Å². The maximum absolute atomic E-state index is 13.4. The predicted molar refractivity (Wildman–Crippen MR) is 96.2 cm³/mol. The van der Waals surface area contributed by atoms with Gasteiger partial charge in [-0.05, 0) is 36.8 Å². The molecule has 2 aromatic carbocycles. The first-order chi connectivity index (χ1) is 12.0. The Balaban J connectivity index is 1.81. The topological polar surface area (TPSA) is 61.4 Å². The molecule has 0 atom stereocenters. The first-order valence-electron chi connectivity index (χ1n) is 7.57. The molecule has 0 spiro atoms. The fourth-order valence-electron chi connectivity index (χ4n) is 2.52. The lowest BCUT2D eigenvalue weighted by Crippen LogP contribution is -2.46. The Hall–Kier alpha value is -2.31. The standard InChI is InChI=1S/C17H14Cl2FN3O2/c18-13-8-11(9-14(19)15(13)20)22-16(24)10-3-1-4-12(7-10)23-6-2-5-21-17(23)25/h1,3-4,7-9H,2,5-6H2,(H,21,25)(H,22,24). The van der Waals surface area contributed by atoms with Crippen LogP contribution in [-0.4, -0.2) is 25.0 Å². The number of urea groups is 1. The number of hydrogen-bond donors (Lipinski definition) is 2. The number of anilines is 2. The molecule has 1 saturated heterocycles. The molecule has 0 aromatic heterocycles. The summed E-state index contributed by atoms with van der Waals surface area (Å²) in [7, 11) is 0. The quantitative estimate of drug-likeness (QED) is 0.778. The molecule has 0 unspecified atom stereocenters. The number of nitrogens with one attached hydrogen (secondary N) is 2. The fourth-order valence-corrected chi connectivity index (χ4v) is 3.01. The highest BCUT2D eigenvalue weighted by molar-refractivity contribution is 6.35. The number of carbonyl (C=O) groups is 2. The van der Waals surface area contributed by atoms with Crippen LogP contribution in [0, 0.1) is 5.82 Å². The fraction of sp³-hybridized carbons (Fsp3) is 0.176. The summed E-state index contributed by atoms with van der Waals surface area (Å²) in [5.74, 6) is -1.16. The maximum atomic E-state index is 13.4. The van der Waals surface area contributed by atoms with Crippen LogP contribution in [0.15, 0.2) is 36.4 Å². The Bertz CT molecular complexity index is 821. The predicted octanol–water partition coefficient (Wildman–Crippen LogP) is 4.30. The summed E-state index contributed by atoms with van der Waals surface area (Å²) < 4.78 is 13.4. The number of rotatable bonds is 3. The summed E-state index contributed by atoms with van der Waals surface area (Å²) in [5, 5.41) is 5.02. The van der Waals surface area contributed by atoms with Gasteiger partial charge in [-0.1, -0.05) is 29.3 Å². The molecular formula is C17H14Cl2FN3O2. The van der Waals surface area contributed by atoms with Crippen LogP contribution in [0.1, 0.15) is 16.8 Å². The van der Waals surface area contributed by atoms with Gasteiger partial charge in [-0.3, -0.25) is 9.69 Å². The van der Waals surface area contributed by atoms with Gasteiger partial charge in [0.1, 0.15) is 0 Å². The van der Waals surface area contributed by atoms with Gasteiger partial charge in [0.2, 0.25) is 0 Å². The van der Waals surface area contributed by atoms with Crippen molar-refractivity contribution in [3.05, 3.63) is 57.8 Å². The Kier molecular flexibility index (Phi) is 5.11. The molecule has 1 aliphatic heterocycles. The minimum atomic E-state index is -0.737. The molecule has 130 valence electrons. The molecule has 5 nitrogen and oxygen atoms in total. The van der Waals surface area contributed by atoms with Gasteiger partial charge in [-0.25, -0.2) is 9.18 Å². The molecule has 8 heteroatoms. The van der Waals surface area contributed by atoms with E-state index < -0.39 is 11.7 Å². The summed E-state index contributed by atoms with van der Waals surface area (Å²) in [6.07, 6.45) is 0.828. The average molecular weight is 382 g/mol. The van der Waals surface area contributed by atoms with Crippen LogP contribution < -0.4 is 15.5 Å². The van der Waals surface area contributed by atoms with Gasteiger partial charge in [0.25, 0.3) is 5.91 Å². The monoisotopic (exact) mass is 381 g/mol. The van der Waals surface area contributed by atoms with Crippen LogP contribution in [0.4, 0.5) is 20.6 Å². The summed E-state index contributed by atoms with van der Waals surface area (Å²) in [6, 6.07) is 9.05. The summed E-state index contributed by atoms with van der Waals surface area (Å²) in [5.41, 5.74) is 1.26. The molecule has 3 amide bonds. The Labute approximate surface area is 153 Å². The van der Waals surface area contributed by atoms with E-state index >= 15 is 0 Å². The third-order valence-electron chi connectivity index (χ3n) is 3.74. The van der Waals surface area contributed by atoms with Gasteiger partial charge in [-0.15, -0.1) is 0 Å². The zero-order chi connectivity index (χ0) is 18.0. The van der Waals surface area contributed by atoms with E-state index in [0.717, 1.165) is 6.42 Å². The molecule has 0 bridgehead atoms. The number of nitrogens with zero attached hydrogens (tertiary/aromatic N) is 1. The van der Waals surface area contributed by atoms with Gasteiger partial charge < -0.3 is 10.6 Å². The second-order valence-corrected chi connectivity index (χ2v) is 6.31. The van der Waals surface area contributed by atoms with E-state index in [1.807, 2.05) is 0 Å². The SMILES string of the molecule is O=C(Nc1cc(Cl)c(F)c(Cl)c1)c1cccc(N2CCCNC2=O)c1. The molecule has 2 aromatic rings. The first kappa shape index (κ1) is 17.5. The molecule has 0 radical (unpaired) electrons. The van der Waals surface area contributed by atoms with Crippen molar-refractivity contribution in [3.8, 4) is 0 Å². The van der Waals surface area contributed by atoms with Gasteiger partial charge >= 0.3 is 6.03 Å². The Morgan fingerprint density at radius 2 is 1.92 bits per heavy atom. The van der Waals surface area contributed by atoms with Crippen molar-refractivity contribution >= 4 is 46.5 Å². The Morgan fingerprint density at radius 3 is 2.60 bits per heavy atom. The van der Waals surface area contributed by atoms with Crippen molar-refractivity contribution in [2.75, 3.05) is 23.3 Å². The van der Waals surface area contributed by atoms with E-state index in [2.05, 4.69) is 10.6 Å². The third kappa shape index (κ3) is 3.86. The molecule has 0 aliphatic carbocycles. The van der Waals surface area contributed by atoms with E-state index in [1.165, 1.54) is 12.1 Å². The highest BCUT2D eigenvalue weighted by atomic mass is 35.5. The van der Waals surface area contributed by atoms with E-state index in [4.69, 9.17) is 23.2 Å².